The lowest BCUT2D eigenvalue weighted by atomic mass is 10.0. The third-order valence-corrected chi connectivity index (χ3v) is 2.85. The number of hydrogen-bond donors (Lipinski definition) is 2. The number of carbonyl (C=O) groups is 2. The summed E-state index contributed by atoms with van der Waals surface area (Å²) in [5.41, 5.74) is 6.87. The summed E-state index contributed by atoms with van der Waals surface area (Å²) in [5, 5.41) is 2.69. The number of amides is 1. The van der Waals surface area contributed by atoms with Gasteiger partial charge in [-0.2, -0.15) is 0 Å². The van der Waals surface area contributed by atoms with Crippen molar-refractivity contribution in [3.8, 4) is 0 Å². The second-order valence-corrected chi connectivity index (χ2v) is 5.18. The van der Waals surface area contributed by atoms with Crippen LogP contribution in [-0.4, -0.2) is 24.3 Å². The fourth-order valence-electron chi connectivity index (χ4n) is 1.91. The van der Waals surface area contributed by atoms with Crippen molar-refractivity contribution < 1.29 is 9.59 Å². The first kappa shape index (κ1) is 15.4. The summed E-state index contributed by atoms with van der Waals surface area (Å²) in [7, 11) is 0. The first-order valence-corrected chi connectivity index (χ1v) is 6.58. The third kappa shape index (κ3) is 5.66. The topological polar surface area (TPSA) is 72.2 Å². The normalized spacial score (nSPS) is 13.9. The average molecular weight is 262 g/mol. The monoisotopic (exact) mass is 262 g/mol. The molecule has 0 bridgehead atoms. The van der Waals surface area contributed by atoms with Crippen LogP contribution in [0.5, 0.6) is 0 Å². The molecule has 0 radical (unpaired) electrons. The summed E-state index contributed by atoms with van der Waals surface area (Å²) in [5.74, 6) is 0.0717. The van der Waals surface area contributed by atoms with Gasteiger partial charge in [-0.3, -0.25) is 4.79 Å². The molecule has 2 atom stereocenters. The van der Waals surface area contributed by atoms with Crippen LogP contribution in [0.2, 0.25) is 0 Å². The van der Waals surface area contributed by atoms with Crippen molar-refractivity contribution >= 4 is 12.2 Å². The van der Waals surface area contributed by atoms with E-state index < -0.39 is 12.1 Å². The summed E-state index contributed by atoms with van der Waals surface area (Å²) < 4.78 is 0. The number of nitrogens with two attached hydrogens (primary N) is 1. The Morgan fingerprint density at radius 3 is 2.47 bits per heavy atom. The van der Waals surface area contributed by atoms with Gasteiger partial charge in [0.05, 0.1) is 12.1 Å². The van der Waals surface area contributed by atoms with Crippen LogP contribution in [0.4, 0.5) is 0 Å². The molecule has 0 fully saturated rings. The number of nitrogens with one attached hydrogen (secondary N) is 1. The van der Waals surface area contributed by atoms with E-state index in [1.165, 1.54) is 0 Å². The van der Waals surface area contributed by atoms with Crippen LogP contribution >= 0.6 is 0 Å². The minimum absolute atomic E-state index is 0.276. The molecule has 1 aromatic carbocycles. The fraction of sp³-hybridized carbons (Fsp3) is 0.467. The number of benzene rings is 1. The molecule has 0 saturated carbocycles. The highest BCUT2D eigenvalue weighted by molar-refractivity contribution is 5.84. The van der Waals surface area contributed by atoms with Gasteiger partial charge in [0.2, 0.25) is 5.91 Å². The minimum Gasteiger partial charge on any atom is -0.345 e. The molecule has 1 rings (SSSR count). The highest BCUT2D eigenvalue weighted by Crippen LogP contribution is 2.05. The van der Waals surface area contributed by atoms with Crippen LogP contribution in [0.25, 0.3) is 0 Å². The molecular formula is C15H22N2O2. The number of rotatable bonds is 7. The predicted molar refractivity (Wildman–Crippen MR) is 75.6 cm³/mol. The van der Waals surface area contributed by atoms with Crippen molar-refractivity contribution in [2.24, 2.45) is 11.7 Å². The van der Waals surface area contributed by atoms with Gasteiger partial charge in [0, 0.05) is 0 Å². The summed E-state index contributed by atoms with van der Waals surface area (Å²) in [6.07, 6.45) is 1.88. The molecule has 0 saturated heterocycles. The van der Waals surface area contributed by atoms with Crippen molar-refractivity contribution in [2.45, 2.75) is 38.8 Å². The first-order valence-electron chi connectivity index (χ1n) is 6.58. The lowest BCUT2D eigenvalue weighted by Gasteiger charge is -2.18. The maximum Gasteiger partial charge on any atom is 0.237 e. The Morgan fingerprint density at radius 1 is 1.32 bits per heavy atom. The van der Waals surface area contributed by atoms with E-state index in [0.717, 1.165) is 11.8 Å². The van der Waals surface area contributed by atoms with Crippen molar-refractivity contribution in [2.75, 3.05) is 0 Å². The Morgan fingerprint density at radius 2 is 1.95 bits per heavy atom. The van der Waals surface area contributed by atoms with Crippen LogP contribution < -0.4 is 11.1 Å². The van der Waals surface area contributed by atoms with Crippen LogP contribution in [0, 0.1) is 5.92 Å². The molecule has 0 aliphatic rings. The van der Waals surface area contributed by atoms with E-state index in [-0.39, 0.29) is 5.91 Å². The molecule has 2 unspecified atom stereocenters. The Hall–Kier alpha value is -1.68. The second kappa shape index (κ2) is 7.69. The van der Waals surface area contributed by atoms with E-state index in [4.69, 9.17) is 5.73 Å². The molecule has 4 nitrogen and oxygen atoms in total. The van der Waals surface area contributed by atoms with E-state index in [1.54, 1.807) is 0 Å². The number of carbonyl (C=O) groups excluding carboxylic acids is 2. The van der Waals surface area contributed by atoms with Crippen molar-refractivity contribution in [3.05, 3.63) is 35.9 Å². The summed E-state index contributed by atoms with van der Waals surface area (Å²) in [6, 6.07) is 8.52. The summed E-state index contributed by atoms with van der Waals surface area (Å²) >= 11 is 0. The standard InChI is InChI=1S/C15H22N2O2/c1-11(2)8-13(10-18)17-15(19)14(16)9-12-6-4-3-5-7-12/h3-7,10-11,13-14H,8-9,16H2,1-2H3,(H,17,19). The smallest absolute Gasteiger partial charge is 0.237 e. The third-order valence-electron chi connectivity index (χ3n) is 2.85. The van der Waals surface area contributed by atoms with Gasteiger partial charge in [0.25, 0.3) is 0 Å². The van der Waals surface area contributed by atoms with E-state index in [0.29, 0.717) is 18.8 Å². The Labute approximate surface area is 114 Å². The maximum atomic E-state index is 11.9. The van der Waals surface area contributed by atoms with E-state index in [1.807, 2.05) is 44.2 Å². The van der Waals surface area contributed by atoms with E-state index in [9.17, 15) is 9.59 Å². The SMILES string of the molecule is CC(C)CC(C=O)NC(=O)C(N)Cc1ccccc1. The molecule has 0 aromatic heterocycles. The van der Waals surface area contributed by atoms with Gasteiger partial charge in [-0.25, -0.2) is 0 Å². The molecule has 3 N–H and O–H groups in total. The molecule has 0 aliphatic carbocycles. The zero-order valence-corrected chi connectivity index (χ0v) is 11.5. The molecule has 1 amide bonds. The highest BCUT2D eigenvalue weighted by Gasteiger charge is 2.18. The quantitative estimate of drug-likeness (QED) is 0.727. The lowest BCUT2D eigenvalue weighted by Crippen LogP contribution is -2.47. The van der Waals surface area contributed by atoms with Gasteiger partial charge < -0.3 is 15.8 Å². The first-order chi connectivity index (χ1) is 9.02. The largest absolute Gasteiger partial charge is 0.345 e. The molecule has 104 valence electrons. The van der Waals surface area contributed by atoms with Gasteiger partial charge in [0.1, 0.15) is 6.29 Å². The van der Waals surface area contributed by atoms with Gasteiger partial charge in [-0.1, -0.05) is 44.2 Å². The number of aldehydes is 1. The molecule has 19 heavy (non-hydrogen) atoms. The second-order valence-electron chi connectivity index (χ2n) is 5.18. The molecule has 1 aromatic rings. The van der Waals surface area contributed by atoms with Crippen molar-refractivity contribution in [1.82, 2.24) is 5.32 Å². The molecule has 0 aliphatic heterocycles. The van der Waals surface area contributed by atoms with Gasteiger partial charge in [0.15, 0.2) is 0 Å². The van der Waals surface area contributed by atoms with Crippen LogP contribution in [0.1, 0.15) is 25.8 Å². The van der Waals surface area contributed by atoms with Crippen LogP contribution in [0.15, 0.2) is 30.3 Å². The van der Waals surface area contributed by atoms with E-state index >= 15 is 0 Å². The molecular weight excluding hydrogens is 240 g/mol. The molecule has 4 heteroatoms. The van der Waals surface area contributed by atoms with E-state index in [2.05, 4.69) is 5.32 Å². The van der Waals surface area contributed by atoms with Crippen molar-refractivity contribution in [1.29, 1.82) is 0 Å². The Kier molecular flexibility index (Phi) is 6.22. The zero-order valence-electron chi connectivity index (χ0n) is 11.5. The van der Waals surface area contributed by atoms with Gasteiger partial charge in [-0.15, -0.1) is 0 Å². The van der Waals surface area contributed by atoms with Crippen molar-refractivity contribution in [3.63, 3.8) is 0 Å². The maximum absolute atomic E-state index is 11.9. The van der Waals surface area contributed by atoms with Crippen LogP contribution in [-0.2, 0) is 16.0 Å². The predicted octanol–water partition coefficient (Wildman–Crippen LogP) is 1.29. The minimum atomic E-state index is -0.628. The lowest BCUT2D eigenvalue weighted by molar-refractivity contribution is -0.125. The Bertz CT molecular complexity index is 404. The highest BCUT2D eigenvalue weighted by atomic mass is 16.2. The Balaban J connectivity index is 2.50. The van der Waals surface area contributed by atoms with Gasteiger partial charge >= 0.3 is 0 Å². The summed E-state index contributed by atoms with van der Waals surface area (Å²) in [6.45, 7) is 4.01. The number of hydrogen-bond acceptors (Lipinski definition) is 3. The van der Waals surface area contributed by atoms with Gasteiger partial charge in [-0.05, 0) is 24.3 Å². The molecule has 0 spiro atoms. The summed E-state index contributed by atoms with van der Waals surface area (Å²) in [4.78, 5) is 22.8. The zero-order chi connectivity index (χ0) is 14.3. The van der Waals surface area contributed by atoms with Crippen LogP contribution in [0.3, 0.4) is 0 Å². The average Bonchev–Trinajstić information content (AvgIpc) is 2.38. The fourth-order valence-corrected chi connectivity index (χ4v) is 1.91. The molecule has 0 heterocycles.